The molecule has 1 saturated heterocycles. The first kappa shape index (κ1) is 20.5. The number of rotatable bonds is 7. The molecule has 0 aromatic heterocycles. The Labute approximate surface area is 152 Å². The smallest absolute Gasteiger partial charge is 0.157 e. The molecule has 0 radical (unpaired) electrons. The molecule has 1 aromatic rings. The molecule has 0 spiro atoms. The topological polar surface area (TPSA) is 62.8 Å². The van der Waals surface area contributed by atoms with Crippen molar-refractivity contribution in [2.75, 3.05) is 20.3 Å². The van der Waals surface area contributed by atoms with E-state index in [0.717, 1.165) is 6.42 Å². The van der Waals surface area contributed by atoms with E-state index in [-0.39, 0.29) is 18.1 Å². The van der Waals surface area contributed by atoms with E-state index in [2.05, 4.69) is 4.72 Å². The molecule has 1 N–H and O–H groups in total. The number of methoxy groups -OCH3 is 1. The molecule has 142 valence electrons. The Bertz CT molecular complexity index is 546. The predicted molar refractivity (Wildman–Crippen MR) is 96.3 cm³/mol. The van der Waals surface area contributed by atoms with Gasteiger partial charge in [-0.2, -0.15) is 0 Å². The molecule has 2 atom stereocenters. The maximum atomic E-state index is 13.8. The summed E-state index contributed by atoms with van der Waals surface area (Å²) in [5, 5.41) is 0. The van der Waals surface area contributed by atoms with Crippen LogP contribution in [0.4, 0.5) is 4.39 Å². The third kappa shape index (κ3) is 6.11. The number of ether oxygens (including phenoxy) is 3. The average Bonchev–Trinajstić information content (AvgIpc) is 2.58. The second-order valence-electron chi connectivity index (χ2n) is 7.04. The molecule has 0 aliphatic carbocycles. The van der Waals surface area contributed by atoms with Crippen LogP contribution in [0.2, 0.25) is 0 Å². The lowest BCUT2D eigenvalue weighted by Gasteiger charge is -2.30. The molecular weight excluding hydrogens is 345 g/mol. The van der Waals surface area contributed by atoms with Gasteiger partial charge in [0.05, 0.1) is 26.4 Å². The summed E-state index contributed by atoms with van der Waals surface area (Å²) < 4.78 is 45.6. The fourth-order valence-electron chi connectivity index (χ4n) is 2.57. The van der Waals surface area contributed by atoms with Gasteiger partial charge in [-0.15, -0.1) is 4.72 Å². The molecule has 5 nitrogen and oxygen atoms in total. The fourth-order valence-corrected chi connectivity index (χ4v) is 3.42. The highest BCUT2D eigenvalue weighted by Gasteiger charge is 2.31. The lowest BCUT2D eigenvalue weighted by atomic mass is 10.0. The van der Waals surface area contributed by atoms with Crippen LogP contribution < -0.4 is 9.46 Å². The van der Waals surface area contributed by atoms with Crippen LogP contribution in [0, 0.1) is 5.82 Å². The quantitative estimate of drug-likeness (QED) is 0.742. The van der Waals surface area contributed by atoms with Gasteiger partial charge in [-0.25, -0.2) is 4.39 Å². The van der Waals surface area contributed by atoms with Crippen LogP contribution in [-0.4, -0.2) is 35.9 Å². The van der Waals surface area contributed by atoms with E-state index in [1.54, 1.807) is 13.2 Å². The molecule has 0 amide bonds. The maximum Gasteiger partial charge on any atom is 0.157 e. The average molecular weight is 373 g/mol. The van der Waals surface area contributed by atoms with E-state index < -0.39 is 16.1 Å². The van der Waals surface area contributed by atoms with Crippen LogP contribution in [0.1, 0.15) is 51.6 Å². The maximum absolute atomic E-state index is 13.8. The Balaban J connectivity index is 2.17. The molecule has 25 heavy (non-hydrogen) atoms. The summed E-state index contributed by atoms with van der Waals surface area (Å²) in [5.74, 6) is 0.213. The van der Waals surface area contributed by atoms with Crippen molar-refractivity contribution in [1.82, 2.24) is 4.72 Å². The first-order chi connectivity index (χ1) is 11.8. The van der Waals surface area contributed by atoms with E-state index in [1.807, 2.05) is 20.8 Å². The number of hydrogen-bond donors (Lipinski definition) is 1. The Kier molecular flexibility index (Phi) is 7.51. The van der Waals surface area contributed by atoms with Gasteiger partial charge in [0.25, 0.3) is 0 Å². The van der Waals surface area contributed by atoms with Crippen molar-refractivity contribution >= 4 is 11.4 Å². The molecule has 0 saturated carbocycles. The summed E-state index contributed by atoms with van der Waals surface area (Å²) >= 11 is -1.30. The van der Waals surface area contributed by atoms with Crippen molar-refractivity contribution in [3.63, 3.8) is 0 Å². The first-order valence-corrected chi connectivity index (χ1v) is 9.71. The van der Waals surface area contributed by atoms with Crippen molar-refractivity contribution in [3.8, 4) is 5.75 Å². The predicted octanol–water partition coefficient (Wildman–Crippen LogP) is 3.47. The third-order valence-electron chi connectivity index (χ3n) is 3.96. The Hall–Kier alpha value is -0.860. The molecule has 1 aliphatic heterocycles. The van der Waals surface area contributed by atoms with Crippen LogP contribution in [-0.2, 0) is 20.8 Å². The molecule has 1 fully saturated rings. The zero-order chi connectivity index (χ0) is 18.4. The molecular formula is C18H28FNO4S. The van der Waals surface area contributed by atoms with E-state index in [4.69, 9.17) is 14.2 Å². The van der Waals surface area contributed by atoms with Gasteiger partial charge in [0, 0.05) is 23.3 Å². The zero-order valence-corrected chi connectivity index (χ0v) is 16.2. The monoisotopic (exact) mass is 373 g/mol. The van der Waals surface area contributed by atoms with Crippen LogP contribution in [0.5, 0.6) is 5.75 Å². The molecule has 2 rings (SSSR count). The standard InChI is InChI=1S/C18H28FNO4S/c1-18(2,3)25(21)20-15(7-9-17-23-10-5-11-24-17)14-12-13(19)6-8-16(14)22-4/h6,8,12,15,17,20H,5,7,9-11H2,1-4H3/t15-,25?/m1/s1. The molecule has 1 heterocycles. The number of benzene rings is 1. The van der Waals surface area contributed by atoms with Gasteiger partial charge < -0.3 is 18.8 Å². The van der Waals surface area contributed by atoms with E-state index in [1.165, 1.54) is 12.1 Å². The zero-order valence-electron chi connectivity index (χ0n) is 15.3. The highest BCUT2D eigenvalue weighted by Crippen LogP contribution is 2.32. The second-order valence-corrected chi connectivity index (χ2v) is 9.04. The Morgan fingerprint density at radius 3 is 2.64 bits per heavy atom. The lowest BCUT2D eigenvalue weighted by Crippen LogP contribution is -2.41. The SMILES string of the molecule is COc1ccc(F)cc1[C@@H](CCC1OCCCO1)N[S+]([O-])C(C)(C)C. The number of halogens is 1. The van der Waals surface area contributed by atoms with Crippen molar-refractivity contribution < 1.29 is 23.2 Å². The van der Waals surface area contributed by atoms with Crippen molar-refractivity contribution in [2.24, 2.45) is 0 Å². The minimum absolute atomic E-state index is 0.277. The number of nitrogens with one attached hydrogen (secondary N) is 1. The summed E-state index contributed by atoms with van der Waals surface area (Å²) in [5.41, 5.74) is 0.649. The fraction of sp³-hybridized carbons (Fsp3) is 0.667. The van der Waals surface area contributed by atoms with E-state index in [0.29, 0.717) is 37.4 Å². The highest BCUT2D eigenvalue weighted by atomic mass is 32.2. The molecule has 1 unspecified atom stereocenters. The van der Waals surface area contributed by atoms with Gasteiger partial charge in [0.1, 0.15) is 16.3 Å². The Morgan fingerprint density at radius 2 is 2.04 bits per heavy atom. The summed E-state index contributed by atoms with van der Waals surface area (Å²) in [6, 6.07) is 4.04. The summed E-state index contributed by atoms with van der Waals surface area (Å²) in [6.45, 7) is 7.04. The summed E-state index contributed by atoms with van der Waals surface area (Å²) in [4.78, 5) is 0. The van der Waals surface area contributed by atoms with Crippen molar-refractivity contribution in [3.05, 3.63) is 29.6 Å². The normalized spacial score (nSPS) is 18.8. The Morgan fingerprint density at radius 1 is 1.36 bits per heavy atom. The van der Waals surface area contributed by atoms with Gasteiger partial charge in [-0.05, 0) is 51.8 Å². The van der Waals surface area contributed by atoms with Gasteiger partial charge in [0.2, 0.25) is 0 Å². The largest absolute Gasteiger partial charge is 0.598 e. The summed E-state index contributed by atoms with van der Waals surface area (Å²) in [7, 11) is 1.54. The van der Waals surface area contributed by atoms with Gasteiger partial charge in [-0.3, -0.25) is 0 Å². The van der Waals surface area contributed by atoms with E-state index in [9.17, 15) is 8.94 Å². The minimum Gasteiger partial charge on any atom is -0.598 e. The van der Waals surface area contributed by atoms with Gasteiger partial charge in [-0.1, -0.05) is 0 Å². The second kappa shape index (κ2) is 9.19. The van der Waals surface area contributed by atoms with Crippen LogP contribution in [0.25, 0.3) is 0 Å². The van der Waals surface area contributed by atoms with E-state index >= 15 is 0 Å². The van der Waals surface area contributed by atoms with Crippen molar-refractivity contribution in [2.45, 2.75) is 57.1 Å². The number of hydrogen-bond acceptors (Lipinski definition) is 5. The third-order valence-corrected chi connectivity index (χ3v) is 5.57. The van der Waals surface area contributed by atoms with Gasteiger partial charge in [0.15, 0.2) is 6.29 Å². The first-order valence-electron chi connectivity index (χ1n) is 8.56. The van der Waals surface area contributed by atoms with Gasteiger partial charge >= 0.3 is 0 Å². The van der Waals surface area contributed by atoms with Crippen LogP contribution in [0.15, 0.2) is 18.2 Å². The molecule has 0 bridgehead atoms. The van der Waals surface area contributed by atoms with Crippen LogP contribution in [0.3, 0.4) is 0 Å². The highest BCUT2D eigenvalue weighted by molar-refractivity contribution is 7.90. The minimum atomic E-state index is -1.30. The summed E-state index contributed by atoms with van der Waals surface area (Å²) in [6.07, 6.45) is 1.83. The molecule has 1 aliphatic rings. The molecule has 1 aromatic carbocycles. The van der Waals surface area contributed by atoms with Crippen LogP contribution >= 0.6 is 0 Å². The molecule has 7 heteroatoms. The van der Waals surface area contributed by atoms with Crippen molar-refractivity contribution in [1.29, 1.82) is 0 Å². The lowest BCUT2D eigenvalue weighted by molar-refractivity contribution is -0.182.